The molecule has 0 fully saturated rings. The van der Waals surface area contributed by atoms with Gasteiger partial charge in [0, 0.05) is 38.4 Å². The fourth-order valence-corrected chi connectivity index (χ4v) is 8.35. The van der Waals surface area contributed by atoms with Crippen LogP contribution in [0.5, 0.6) is 0 Å². The Morgan fingerprint density at radius 1 is 0.431 bits per heavy atom. The molecule has 0 aliphatic rings. The van der Waals surface area contributed by atoms with Gasteiger partial charge < -0.3 is 8.98 Å². The van der Waals surface area contributed by atoms with E-state index < -0.39 is 0 Å². The molecule has 0 saturated carbocycles. The first kappa shape index (κ1) is 33.3. The molecule has 3 aromatic heterocycles. The van der Waals surface area contributed by atoms with E-state index in [-0.39, 0.29) is 0 Å². The van der Waals surface area contributed by atoms with Crippen molar-refractivity contribution in [2.75, 3.05) is 0 Å². The quantitative estimate of drug-likeness (QED) is 0.160. The first-order valence-corrected chi connectivity index (χ1v) is 19.3. The fraction of sp³-hybridized carbons (Fsp3) is 0. The summed E-state index contributed by atoms with van der Waals surface area (Å²) in [5, 5.41) is 4.32. The van der Waals surface area contributed by atoms with Crippen molar-refractivity contribution in [1.82, 2.24) is 14.5 Å². The normalized spacial score (nSPS) is 11.4. The van der Waals surface area contributed by atoms with E-state index in [9.17, 15) is 0 Å². The summed E-state index contributed by atoms with van der Waals surface area (Å²) in [5.74, 6) is 0.562. The van der Waals surface area contributed by atoms with Crippen molar-refractivity contribution in [2.45, 2.75) is 0 Å². The van der Waals surface area contributed by atoms with Gasteiger partial charge in [-0.2, -0.15) is 0 Å². The number of aromatic nitrogens is 3. The molecule has 0 N–H and O–H groups in total. The number of rotatable bonds is 6. The van der Waals surface area contributed by atoms with Crippen LogP contribution in [0.15, 0.2) is 199 Å². The van der Waals surface area contributed by atoms with Gasteiger partial charge in [0.25, 0.3) is 0 Å². The zero-order valence-corrected chi connectivity index (χ0v) is 31.2. The van der Waals surface area contributed by atoms with E-state index in [1.807, 2.05) is 84.9 Å². The Morgan fingerprint density at radius 2 is 1.02 bits per heavy atom. The molecule has 270 valence electrons. The minimum atomic E-state index is 0.403. The van der Waals surface area contributed by atoms with Gasteiger partial charge >= 0.3 is 0 Å². The summed E-state index contributed by atoms with van der Waals surface area (Å²) in [6.07, 6.45) is 0. The second-order valence-corrected chi connectivity index (χ2v) is 14.4. The number of furan rings is 1. The maximum Gasteiger partial charge on any atom is 0.238 e. The Morgan fingerprint density at radius 3 is 1.78 bits per heavy atom. The van der Waals surface area contributed by atoms with E-state index in [0.29, 0.717) is 22.9 Å². The Bertz CT molecular complexity index is 3400. The standard InChI is InChI=1S/C53H32N4O/c1-54-52-50(34-15-5-2-6-16-34)55-53(35-17-7-3-8-18-35)56-51(52)42-24-14-26-48-49(42)44-33-39(28-30-47(44)58-48)37-20-13-19-36(31-37)38-27-29-46-43(32-38)41-23-11-12-25-45(41)57(46)40-21-9-4-10-22-40/h2-33H. The molecule has 0 spiro atoms. The molecule has 0 atom stereocenters. The summed E-state index contributed by atoms with van der Waals surface area (Å²) in [6.45, 7) is 8.42. The molecule has 0 aliphatic carbocycles. The highest BCUT2D eigenvalue weighted by Crippen LogP contribution is 2.44. The third-order valence-corrected chi connectivity index (χ3v) is 11.0. The van der Waals surface area contributed by atoms with Crippen molar-refractivity contribution in [3.8, 4) is 61.8 Å². The van der Waals surface area contributed by atoms with Crippen LogP contribution in [0.4, 0.5) is 5.69 Å². The topological polar surface area (TPSA) is 48.2 Å². The fourth-order valence-electron chi connectivity index (χ4n) is 8.35. The highest BCUT2D eigenvalue weighted by Gasteiger charge is 2.23. The maximum absolute atomic E-state index is 8.42. The number of benzene rings is 8. The molecule has 0 aliphatic heterocycles. The van der Waals surface area contributed by atoms with Crippen molar-refractivity contribution in [3.63, 3.8) is 0 Å². The smallest absolute Gasteiger partial charge is 0.238 e. The summed E-state index contributed by atoms with van der Waals surface area (Å²) in [4.78, 5) is 14.2. The Labute approximate surface area is 334 Å². The highest BCUT2D eigenvalue weighted by atomic mass is 16.3. The average molecular weight is 741 g/mol. The van der Waals surface area contributed by atoms with Crippen LogP contribution in [0.3, 0.4) is 0 Å². The number of fused-ring (bicyclic) bond motifs is 6. The van der Waals surface area contributed by atoms with Crippen LogP contribution < -0.4 is 0 Å². The van der Waals surface area contributed by atoms with E-state index in [1.165, 1.54) is 21.8 Å². The second kappa shape index (κ2) is 13.6. The molecule has 0 amide bonds. The summed E-state index contributed by atoms with van der Waals surface area (Å²) < 4.78 is 8.83. The molecule has 0 bridgehead atoms. The third-order valence-electron chi connectivity index (χ3n) is 11.0. The van der Waals surface area contributed by atoms with Crippen LogP contribution in [0, 0.1) is 6.57 Å². The van der Waals surface area contributed by atoms with Crippen LogP contribution in [0.25, 0.3) is 110 Å². The minimum absolute atomic E-state index is 0.403. The van der Waals surface area contributed by atoms with Crippen molar-refractivity contribution in [3.05, 3.63) is 206 Å². The number of hydrogen-bond donors (Lipinski definition) is 0. The SMILES string of the molecule is [C-]#[N+]c1c(-c2ccccc2)nc(-c2ccccc2)nc1-c1cccc2oc3ccc(-c4cccc(-c5ccc6c(c5)c5ccccc5n6-c5ccccc5)c4)cc3c12. The lowest BCUT2D eigenvalue weighted by atomic mass is 9.96. The molecule has 3 heterocycles. The summed E-state index contributed by atoms with van der Waals surface area (Å²) in [5.41, 5.74) is 13.6. The molecule has 11 aromatic rings. The van der Waals surface area contributed by atoms with Gasteiger partial charge in [-0.1, -0.05) is 140 Å². The van der Waals surface area contributed by atoms with Gasteiger partial charge in [-0.3, -0.25) is 0 Å². The van der Waals surface area contributed by atoms with E-state index in [2.05, 4.69) is 119 Å². The van der Waals surface area contributed by atoms with Crippen LogP contribution in [-0.4, -0.2) is 14.5 Å². The van der Waals surface area contributed by atoms with Gasteiger partial charge in [0.05, 0.1) is 29.0 Å². The lowest BCUT2D eigenvalue weighted by Gasteiger charge is -2.13. The van der Waals surface area contributed by atoms with Crippen LogP contribution in [-0.2, 0) is 0 Å². The zero-order valence-electron chi connectivity index (χ0n) is 31.2. The van der Waals surface area contributed by atoms with Gasteiger partial charge in [-0.15, -0.1) is 0 Å². The number of nitrogens with zero attached hydrogens (tertiary/aromatic N) is 4. The highest BCUT2D eigenvalue weighted by molar-refractivity contribution is 6.15. The molecular formula is C53H32N4O. The first-order valence-electron chi connectivity index (χ1n) is 19.3. The van der Waals surface area contributed by atoms with Crippen LogP contribution in [0.2, 0.25) is 0 Å². The summed E-state index contributed by atoms with van der Waals surface area (Å²) >= 11 is 0. The van der Waals surface area contributed by atoms with Gasteiger partial charge in [-0.25, -0.2) is 14.8 Å². The maximum atomic E-state index is 8.42. The van der Waals surface area contributed by atoms with Gasteiger partial charge in [-0.05, 0) is 82.4 Å². The van der Waals surface area contributed by atoms with Gasteiger partial charge in [0.15, 0.2) is 5.82 Å². The number of para-hydroxylation sites is 2. The molecule has 5 heteroatoms. The average Bonchev–Trinajstić information content (AvgIpc) is 3.85. The Hall–Kier alpha value is -8.07. The van der Waals surface area contributed by atoms with Crippen molar-refractivity contribution >= 4 is 49.4 Å². The van der Waals surface area contributed by atoms with Gasteiger partial charge in [0.1, 0.15) is 11.2 Å². The Kier molecular flexibility index (Phi) is 7.80. The summed E-state index contributed by atoms with van der Waals surface area (Å²) in [7, 11) is 0. The monoisotopic (exact) mass is 740 g/mol. The molecule has 0 radical (unpaired) electrons. The number of hydrogen-bond acceptors (Lipinski definition) is 3. The predicted molar refractivity (Wildman–Crippen MR) is 237 cm³/mol. The minimum Gasteiger partial charge on any atom is -0.456 e. The van der Waals surface area contributed by atoms with E-state index in [4.69, 9.17) is 21.0 Å². The van der Waals surface area contributed by atoms with Crippen LogP contribution >= 0.6 is 0 Å². The van der Waals surface area contributed by atoms with E-state index in [0.717, 1.165) is 66.6 Å². The van der Waals surface area contributed by atoms with Crippen LogP contribution in [0.1, 0.15) is 0 Å². The first-order chi connectivity index (χ1) is 28.7. The largest absolute Gasteiger partial charge is 0.456 e. The lowest BCUT2D eigenvalue weighted by molar-refractivity contribution is 0.669. The molecule has 8 aromatic carbocycles. The lowest BCUT2D eigenvalue weighted by Crippen LogP contribution is -1.97. The Balaban J connectivity index is 1.06. The second-order valence-electron chi connectivity index (χ2n) is 14.4. The summed E-state index contributed by atoms with van der Waals surface area (Å²) in [6, 6.07) is 66.9. The molecular weight excluding hydrogens is 709 g/mol. The van der Waals surface area contributed by atoms with E-state index >= 15 is 0 Å². The molecule has 0 saturated heterocycles. The van der Waals surface area contributed by atoms with Crippen molar-refractivity contribution in [1.29, 1.82) is 0 Å². The molecule has 58 heavy (non-hydrogen) atoms. The third kappa shape index (κ3) is 5.47. The zero-order chi connectivity index (χ0) is 38.6. The molecule has 11 rings (SSSR count). The molecule has 5 nitrogen and oxygen atoms in total. The van der Waals surface area contributed by atoms with Crippen molar-refractivity contribution < 1.29 is 4.42 Å². The van der Waals surface area contributed by atoms with Crippen molar-refractivity contribution in [2.24, 2.45) is 0 Å². The van der Waals surface area contributed by atoms with Gasteiger partial charge in [0.2, 0.25) is 5.69 Å². The van der Waals surface area contributed by atoms with E-state index in [1.54, 1.807) is 0 Å². The predicted octanol–water partition coefficient (Wildman–Crippen LogP) is 14.4. The molecule has 0 unspecified atom stereocenters.